The zero-order valence-electron chi connectivity index (χ0n) is 6.62. The normalized spacial score (nSPS) is 16.3. The van der Waals surface area contributed by atoms with Gasteiger partial charge in [-0.3, -0.25) is 9.59 Å². The first-order valence-electron chi connectivity index (χ1n) is 4.05. The Morgan fingerprint density at radius 1 is 1.50 bits per heavy atom. The predicted octanol–water partition coefficient (Wildman–Crippen LogP) is -0.0534. The van der Waals surface area contributed by atoms with Gasteiger partial charge in [0.25, 0.3) is 0 Å². The third-order valence-electron chi connectivity index (χ3n) is 2.08. The molecule has 0 saturated heterocycles. The van der Waals surface area contributed by atoms with Gasteiger partial charge in [0.2, 0.25) is 0 Å². The van der Waals surface area contributed by atoms with Crippen molar-refractivity contribution in [3.8, 4) is 0 Å². The molecule has 1 aliphatic rings. The summed E-state index contributed by atoms with van der Waals surface area (Å²) >= 11 is 0. The quantitative estimate of drug-likeness (QED) is 0.626. The van der Waals surface area contributed by atoms with Gasteiger partial charge in [0, 0.05) is 18.9 Å². The Balaban J connectivity index is 2.35. The van der Waals surface area contributed by atoms with E-state index in [1.807, 2.05) is 0 Å². The van der Waals surface area contributed by atoms with Crippen LogP contribution in [0, 0.1) is 5.92 Å². The molecule has 1 fully saturated rings. The lowest BCUT2D eigenvalue weighted by Gasteiger charge is -2.00. The fourth-order valence-electron chi connectivity index (χ4n) is 1.19. The number of aromatic nitrogens is 2. The van der Waals surface area contributed by atoms with E-state index < -0.39 is 11.1 Å². The predicted molar refractivity (Wildman–Crippen MR) is 44.0 cm³/mol. The number of nitrogens with one attached hydrogen (secondary N) is 1. The molecule has 0 aliphatic heterocycles. The van der Waals surface area contributed by atoms with Crippen LogP contribution < -0.4 is 11.1 Å². The van der Waals surface area contributed by atoms with Gasteiger partial charge in [0.1, 0.15) is 0 Å². The molecule has 0 bridgehead atoms. The summed E-state index contributed by atoms with van der Waals surface area (Å²) in [6.07, 6.45) is 5.49. The van der Waals surface area contributed by atoms with Gasteiger partial charge in [-0.15, -0.1) is 0 Å². The van der Waals surface area contributed by atoms with E-state index >= 15 is 0 Å². The molecule has 2 rings (SSSR count). The van der Waals surface area contributed by atoms with Crippen molar-refractivity contribution in [1.82, 2.24) is 9.55 Å². The molecule has 0 unspecified atom stereocenters. The largest absolute Gasteiger partial charge is 0.323 e. The van der Waals surface area contributed by atoms with Crippen LogP contribution in [0.5, 0.6) is 0 Å². The van der Waals surface area contributed by atoms with Gasteiger partial charge in [0.05, 0.1) is 0 Å². The van der Waals surface area contributed by atoms with Crippen molar-refractivity contribution in [2.45, 2.75) is 19.4 Å². The third-order valence-corrected chi connectivity index (χ3v) is 2.08. The van der Waals surface area contributed by atoms with Crippen molar-refractivity contribution in [2.24, 2.45) is 5.92 Å². The highest BCUT2D eigenvalue weighted by Crippen LogP contribution is 2.29. The highest BCUT2D eigenvalue weighted by atomic mass is 16.2. The fraction of sp³-hybridized carbons (Fsp3) is 0.500. The van der Waals surface area contributed by atoms with Crippen LogP contribution in [0.3, 0.4) is 0 Å². The second-order valence-electron chi connectivity index (χ2n) is 3.19. The third kappa shape index (κ3) is 1.32. The van der Waals surface area contributed by atoms with E-state index in [1.54, 1.807) is 6.20 Å². The van der Waals surface area contributed by atoms with E-state index in [2.05, 4.69) is 4.98 Å². The van der Waals surface area contributed by atoms with Gasteiger partial charge < -0.3 is 9.55 Å². The van der Waals surface area contributed by atoms with E-state index in [1.165, 1.54) is 23.6 Å². The summed E-state index contributed by atoms with van der Waals surface area (Å²) in [5.41, 5.74) is -0.970. The molecule has 0 spiro atoms. The van der Waals surface area contributed by atoms with E-state index in [9.17, 15) is 9.59 Å². The standard InChI is InChI=1S/C8H10N2O2/c11-7-8(12)10(4-3-9-7)5-6-1-2-6/h3-4,6H,1-2,5H2,(H,9,11). The number of H-pyrrole nitrogens is 1. The molecule has 1 aliphatic carbocycles. The summed E-state index contributed by atoms with van der Waals surface area (Å²) in [6.45, 7) is 0.697. The summed E-state index contributed by atoms with van der Waals surface area (Å²) in [7, 11) is 0. The molecule has 12 heavy (non-hydrogen) atoms. The van der Waals surface area contributed by atoms with Crippen molar-refractivity contribution >= 4 is 0 Å². The number of hydrogen-bond acceptors (Lipinski definition) is 2. The number of nitrogens with zero attached hydrogens (tertiary/aromatic N) is 1. The summed E-state index contributed by atoms with van der Waals surface area (Å²) in [5, 5.41) is 0. The van der Waals surface area contributed by atoms with E-state index in [0.29, 0.717) is 12.5 Å². The molecule has 64 valence electrons. The van der Waals surface area contributed by atoms with E-state index in [4.69, 9.17) is 0 Å². The van der Waals surface area contributed by atoms with E-state index in [0.717, 1.165) is 0 Å². The van der Waals surface area contributed by atoms with Crippen LogP contribution in [-0.2, 0) is 6.54 Å². The average Bonchev–Trinajstić information content (AvgIpc) is 2.83. The maximum Gasteiger partial charge on any atom is 0.316 e. The molecule has 0 aromatic carbocycles. The summed E-state index contributed by atoms with van der Waals surface area (Å²) in [6, 6.07) is 0. The number of aromatic amines is 1. The lowest BCUT2D eigenvalue weighted by atomic mass is 10.4. The van der Waals surface area contributed by atoms with Crippen LogP contribution in [-0.4, -0.2) is 9.55 Å². The summed E-state index contributed by atoms with van der Waals surface area (Å²) in [5.74, 6) is 0.615. The van der Waals surface area contributed by atoms with Gasteiger partial charge in [0.15, 0.2) is 0 Å². The first-order valence-corrected chi connectivity index (χ1v) is 4.05. The highest BCUT2D eigenvalue weighted by molar-refractivity contribution is 4.84. The SMILES string of the molecule is O=c1[nH]ccn(CC2CC2)c1=O. The topological polar surface area (TPSA) is 54.9 Å². The van der Waals surface area contributed by atoms with Crippen LogP contribution in [0.25, 0.3) is 0 Å². The Labute approximate surface area is 68.9 Å². The molecule has 0 atom stereocenters. The van der Waals surface area contributed by atoms with Crippen LogP contribution in [0.4, 0.5) is 0 Å². The fourth-order valence-corrected chi connectivity index (χ4v) is 1.19. The lowest BCUT2D eigenvalue weighted by molar-refractivity contribution is 0.598. The molecule has 1 N–H and O–H groups in total. The van der Waals surface area contributed by atoms with Crippen molar-refractivity contribution in [3.63, 3.8) is 0 Å². The van der Waals surface area contributed by atoms with Crippen molar-refractivity contribution in [1.29, 1.82) is 0 Å². The van der Waals surface area contributed by atoms with Gasteiger partial charge in [-0.25, -0.2) is 0 Å². The molecule has 1 saturated carbocycles. The molecule has 4 heteroatoms. The summed E-state index contributed by atoms with van der Waals surface area (Å²) < 4.78 is 1.48. The Kier molecular flexibility index (Phi) is 1.60. The molecule has 1 aromatic rings. The van der Waals surface area contributed by atoms with Crippen LogP contribution in [0.15, 0.2) is 22.0 Å². The monoisotopic (exact) mass is 166 g/mol. The number of rotatable bonds is 2. The van der Waals surface area contributed by atoms with Crippen LogP contribution in [0.1, 0.15) is 12.8 Å². The Morgan fingerprint density at radius 2 is 2.25 bits per heavy atom. The minimum absolute atomic E-state index is 0.440. The Hall–Kier alpha value is -1.32. The van der Waals surface area contributed by atoms with Crippen LogP contribution in [0.2, 0.25) is 0 Å². The molecular formula is C8H10N2O2. The Morgan fingerprint density at radius 3 is 2.92 bits per heavy atom. The van der Waals surface area contributed by atoms with Gasteiger partial charge in [-0.1, -0.05) is 0 Å². The van der Waals surface area contributed by atoms with Crippen LogP contribution >= 0.6 is 0 Å². The minimum Gasteiger partial charge on any atom is -0.323 e. The summed E-state index contributed by atoms with van der Waals surface area (Å²) in [4.78, 5) is 24.3. The van der Waals surface area contributed by atoms with E-state index in [-0.39, 0.29) is 0 Å². The maximum absolute atomic E-state index is 11.2. The number of hydrogen-bond donors (Lipinski definition) is 1. The molecule has 1 heterocycles. The molecule has 1 aromatic heterocycles. The first-order chi connectivity index (χ1) is 5.77. The van der Waals surface area contributed by atoms with Crippen molar-refractivity contribution < 1.29 is 0 Å². The highest BCUT2D eigenvalue weighted by Gasteiger charge is 2.22. The zero-order chi connectivity index (χ0) is 8.55. The molecule has 0 amide bonds. The lowest BCUT2D eigenvalue weighted by Crippen LogP contribution is -2.35. The van der Waals surface area contributed by atoms with Gasteiger partial charge >= 0.3 is 11.1 Å². The first kappa shape index (κ1) is 7.34. The maximum atomic E-state index is 11.2. The van der Waals surface area contributed by atoms with Gasteiger partial charge in [-0.2, -0.15) is 0 Å². The second kappa shape index (κ2) is 2.62. The molecule has 4 nitrogen and oxygen atoms in total. The Bertz CT molecular complexity index is 387. The zero-order valence-corrected chi connectivity index (χ0v) is 6.62. The molecule has 0 radical (unpaired) electrons. The van der Waals surface area contributed by atoms with Crippen molar-refractivity contribution in [3.05, 3.63) is 33.1 Å². The molecular weight excluding hydrogens is 156 g/mol. The second-order valence-corrected chi connectivity index (χ2v) is 3.19. The minimum atomic E-state index is -0.529. The van der Waals surface area contributed by atoms with Gasteiger partial charge in [-0.05, 0) is 18.8 Å². The van der Waals surface area contributed by atoms with Crippen molar-refractivity contribution in [2.75, 3.05) is 0 Å². The average molecular weight is 166 g/mol. The smallest absolute Gasteiger partial charge is 0.316 e.